The number of nitrogens with one attached hydrogen (secondary N) is 2. The van der Waals surface area contributed by atoms with Gasteiger partial charge >= 0.3 is 0 Å². The second kappa shape index (κ2) is 9.30. The fourth-order valence-electron chi connectivity index (χ4n) is 2.99. The summed E-state index contributed by atoms with van der Waals surface area (Å²) in [5, 5.41) is 2.85. The van der Waals surface area contributed by atoms with E-state index >= 15 is 0 Å². The van der Waals surface area contributed by atoms with Gasteiger partial charge in [-0.25, -0.2) is 8.42 Å². The molecule has 6 heteroatoms. The molecule has 0 fully saturated rings. The van der Waals surface area contributed by atoms with Gasteiger partial charge in [0.25, 0.3) is 0 Å². The minimum absolute atomic E-state index is 0.0917. The molecule has 2 aromatic carbocycles. The lowest BCUT2D eigenvalue weighted by atomic mass is 9.87. The molecule has 0 aliphatic heterocycles. The molecule has 0 saturated carbocycles. The molecule has 160 valence electrons. The van der Waals surface area contributed by atoms with Gasteiger partial charge in [0.2, 0.25) is 15.9 Å². The van der Waals surface area contributed by atoms with Crippen molar-refractivity contribution >= 4 is 33.8 Å². The lowest BCUT2D eigenvalue weighted by molar-refractivity contribution is -0.116. The summed E-state index contributed by atoms with van der Waals surface area (Å²) < 4.78 is 25.6. The van der Waals surface area contributed by atoms with Gasteiger partial charge in [-0.3, -0.25) is 9.52 Å². The van der Waals surface area contributed by atoms with Crippen LogP contribution in [0.25, 0.3) is 12.2 Å². The van der Waals surface area contributed by atoms with Gasteiger partial charge in [0, 0.05) is 12.6 Å². The average Bonchev–Trinajstić information content (AvgIpc) is 2.65. The molecule has 2 aromatic rings. The molecule has 0 aliphatic rings. The fraction of sp³-hybridized carbons (Fsp3) is 0.292. The number of sulfonamides is 1. The summed E-state index contributed by atoms with van der Waals surface area (Å²) in [5.74, 6) is -0.203. The smallest absolute Gasteiger partial charge is 0.244 e. The standard InChI is InChI=1S/C24H30N2O3S/c1-7-20-15-19(14-17(2)23(20)26-30(6,28)29)16-25-22(27)13-10-18-8-11-21(12-9-18)24(3,4)5/h7-15,26H,1,16H2,2-6H3,(H,25,27)/b13-10+. The Morgan fingerprint density at radius 3 is 2.30 bits per heavy atom. The summed E-state index contributed by atoms with van der Waals surface area (Å²) in [6, 6.07) is 11.8. The van der Waals surface area contributed by atoms with E-state index in [-0.39, 0.29) is 11.3 Å². The first kappa shape index (κ1) is 23.4. The van der Waals surface area contributed by atoms with E-state index in [4.69, 9.17) is 0 Å². The minimum atomic E-state index is -3.39. The van der Waals surface area contributed by atoms with E-state index in [9.17, 15) is 13.2 Å². The maximum atomic E-state index is 12.2. The van der Waals surface area contributed by atoms with Crippen molar-refractivity contribution in [3.8, 4) is 0 Å². The SMILES string of the molecule is C=Cc1cc(CNC(=O)/C=C/c2ccc(C(C)(C)C)cc2)cc(C)c1NS(C)(=O)=O. The summed E-state index contributed by atoms with van der Waals surface area (Å²) in [4.78, 5) is 12.2. The average molecular weight is 427 g/mol. The molecule has 1 amide bonds. The Bertz CT molecular complexity index is 1060. The van der Waals surface area contributed by atoms with E-state index in [1.165, 1.54) is 11.6 Å². The lowest BCUT2D eigenvalue weighted by Gasteiger charge is -2.18. The van der Waals surface area contributed by atoms with Crippen molar-refractivity contribution in [1.29, 1.82) is 0 Å². The van der Waals surface area contributed by atoms with Crippen molar-refractivity contribution in [2.45, 2.75) is 39.7 Å². The molecule has 0 aliphatic carbocycles. The Kier molecular flexibility index (Phi) is 7.26. The van der Waals surface area contributed by atoms with Crippen LogP contribution in [0.1, 0.15) is 48.6 Å². The highest BCUT2D eigenvalue weighted by Crippen LogP contribution is 2.25. The quantitative estimate of drug-likeness (QED) is 0.634. The van der Waals surface area contributed by atoms with E-state index < -0.39 is 10.0 Å². The maximum Gasteiger partial charge on any atom is 0.244 e. The highest BCUT2D eigenvalue weighted by Gasteiger charge is 2.13. The van der Waals surface area contributed by atoms with Gasteiger partial charge in [-0.1, -0.05) is 63.8 Å². The number of carbonyl (C=O) groups is 1. The predicted molar refractivity (Wildman–Crippen MR) is 126 cm³/mol. The summed E-state index contributed by atoms with van der Waals surface area (Å²) >= 11 is 0. The number of anilines is 1. The van der Waals surface area contributed by atoms with Crippen molar-refractivity contribution in [2.75, 3.05) is 11.0 Å². The van der Waals surface area contributed by atoms with Crippen molar-refractivity contribution < 1.29 is 13.2 Å². The Labute approximate surface area is 180 Å². The fourth-order valence-corrected chi connectivity index (χ4v) is 3.64. The monoisotopic (exact) mass is 426 g/mol. The van der Waals surface area contributed by atoms with Crippen LogP contribution >= 0.6 is 0 Å². The topological polar surface area (TPSA) is 75.3 Å². The van der Waals surface area contributed by atoms with Gasteiger partial charge in [-0.05, 0) is 52.3 Å². The number of hydrogen-bond acceptors (Lipinski definition) is 3. The van der Waals surface area contributed by atoms with E-state index in [1.54, 1.807) is 12.2 Å². The molecule has 0 radical (unpaired) electrons. The molecular formula is C24H30N2O3S. The predicted octanol–water partition coefficient (Wildman–Crippen LogP) is 4.64. The zero-order valence-corrected chi connectivity index (χ0v) is 19.1. The molecule has 0 aromatic heterocycles. The largest absolute Gasteiger partial charge is 0.348 e. The minimum Gasteiger partial charge on any atom is -0.348 e. The molecule has 5 nitrogen and oxygen atoms in total. The van der Waals surface area contributed by atoms with E-state index in [0.717, 1.165) is 22.9 Å². The van der Waals surface area contributed by atoms with Crippen LogP contribution in [-0.2, 0) is 26.8 Å². The van der Waals surface area contributed by atoms with Crippen molar-refractivity contribution in [3.05, 3.63) is 76.9 Å². The number of hydrogen-bond donors (Lipinski definition) is 2. The zero-order valence-electron chi connectivity index (χ0n) is 18.2. The Morgan fingerprint density at radius 1 is 1.13 bits per heavy atom. The third-order valence-electron chi connectivity index (χ3n) is 4.60. The molecule has 0 saturated heterocycles. The van der Waals surface area contributed by atoms with Crippen LogP contribution in [0.3, 0.4) is 0 Å². The van der Waals surface area contributed by atoms with Crippen LogP contribution in [0.2, 0.25) is 0 Å². The van der Waals surface area contributed by atoms with E-state index in [1.807, 2.05) is 31.2 Å². The van der Waals surface area contributed by atoms with Crippen LogP contribution in [0.5, 0.6) is 0 Å². The molecule has 0 unspecified atom stereocenters. The number of aryl methyl sites for hydroxylation is 1. The van der Waals surface area contributed by atoms with Crippen LogP contribution < -0.4 is 10.0 Å². The second-order valence-electron chi connectivity index (χ2n) is 8.38. The Balaban J connectivity index is 2.04. The van der Waals surface area contributed by atoms with Gasteiger partial charge in [-0.2, -0.15) is 0 Å². The maximum absolute atomic E-state index is 12.2. The van der Waals surface area contributed by atoms with Crippen molar-refractivity contribution in [2.24, 2.45) is 0 Å². The summed E-state index contributed by atoms with van der Waals surface area (Å²) in [5.41, 5.74) is 5.08. The molecule has 0 heterocycles. The van der Waals surface area contributed by atoms with Gasteiger partial charge < -0.3 is 5.32 Å². The molecule has 0 spiro atoms. The zero-order chi connectivity index (χ0) is 22.5. The molecule has 30 heavy (non-hydrogen) atoms. The summed E-state index contributed by atoms with van der Waals surface area (Å²) in [7, 11) is -3.39. The highest BCUT2D eigenvalue weighted by atomic mass is 32.2. The first-order chi connectivity index (χ1) is 13.9. The third kappa shape index (κ3) is 6.88. The highest BCUT2D eigenvalue weighted by molar-refractivity contribution is 7.92. The molecule has 0 bridgehead atoms. The lowest BCUT2D eigenvalue weighted by Crippen LogP contribution is -2.20. The Hall–Kier alpha value is -2.86. The number of amides is 1. The molecule has 2 N–H and O–H groups in total. The van der Waals surface area contributed by atoms with Gasteiger partial charge in [0.1, 0.15) is 0 Å². The van der Waals surface area contributed by atoms with Gasteiger partial charge in [0.05, 0.1) is 11.9 Å². The molecular weight excluding hydrogens is 396 g/mol. The normalized spacial score (nSPS) is 12.0. The first-order valence-corrected chi connectivity index (χ1v) is 11.6. The molecule has 2 rings (SSSR count). The first-order valence-electron chi connectivity index (χ1n) is 9.69. The second-order valence-corrected chi connectivity index (χ2v) is 10.1. The molecule has 0 atom stereocenters. The van der Waals surface area contributed by atoms with Crippen molar-refractivity contribution in [3.63, 3.8) is 0 Å². The number of carbonyl (C=O) groups excluding carboxylic acids is 1. The van der Waals surface area contributed by atoms with E-state index in [0.29, 0.717) is 17.8 Å². The van der Waals surface area contributed by atoms with Crippen LogP contribution in [0.4, 0.5) is 5.69 Å². The van der Waals surface area contributed by atoms with Crippen LogP contribution in [0, 0.1) is 6.92 Å². The summed E-state index contributed by atoms with van der Waals surface area (Å²) in [6.45, 7) is 12.4. The van der Waals surface area contributed by atoms with Crippen LogP contribution in [0.15, 0.2) is 49.1 Å². The van der Waals surface area contributed by atoms with Gasteiger partial charge in [0.15, 0.2) is 0 Å². The number of rotatable bonds is 7. The number of benzene rings is 2. The summed E-state index contributed by atoms with van der Waals surface area (Å²) in [6.07, 6.45) is 5.98. The van der Waals surface area contributed by atoms with Crippen LogP contribution in [-0.4, -0.2) is 20.6 Å². The van der Waals surface area contributed by atoms with Crippen molar-refractivity contribution in [1.82, 2.24) is 5.32 Å². The third-order valence-corrected chi connectivity index (χ3v) is 5.18. The van der Waals surface area contributed by atoms with Gasteiger partial charge in [-0.15, -0.1) is 0 Å². The van der Waals surface area contributed by atoms with E-state index in [2.05, 4.69) is 49.5 Å². The Morgan fingerprint density at radius 2 is 1.77 bits per heavy atom.